The molecule has 1 saturated heterocycles. The maximum atomic E-state index is 10.2. The summed E-state index contributed by atoms with van der Waals surface area (Å²) >= 11 is 0. The van der Waals surface area contributed by atoms with Gasteiger partial charge >= 0.3 is 18.0 Å². The second-order valence-electron chi connectivity index (χ2n) is 3.61. The predicted octanol–water partition coefficient (Wildman–Crippen LogP) is -2.33. The molecule has 0 aromatic heterocycles. The Morgan fingerprint density at radius 2 is 2.05 bits per heavy atom. The molecule has 0 saturated carbocycles. The molecule has 1 aliphatic rings. The topological polar surface area (TPSA) is 177 Å². The first-order valence-electron chi connectivity index (χ1n) is 5.42. The molecule has 0 radical (unpaired) electrons. The Hall–Kier alpha value is -2.36. The molecule has 0 aliphatic carbocycles. The van der Waals surface area contributed by atoms with Crippen LogP contribution in [-0.2, 0) is 9.59 Å². The maximum Gasteiger partial charge on any atom is 0.321 e. The zero-order valence-electron chi connectivity index (χ0n) is 10.1. The number of primary amides is 1. The van der Waals surface area contributed by atoms with E-state index >= 15 is 0 Å². The summed E-state index contributed by atoms with van der Waals surface area (Å²) in [6.07, 6.45) is 0.839. The molecule has 0 unspecified atom stereocenters. The lowest BCUT2D eigenvalue weighted by Gasteiger charge is -2.05. The van der Waals surface area contributed by atoms with Crippen LogP contribution in [0.1, 0.15) is 12.8 Å². The molecule has 0 spiro atoms. The molecule has 10 heteroatoms. The Labute approximate surface area is 108 Å². The number of imide groups is 1. The lowest BCUT2D eigenvalue weighted by Crippen LogP contribution is -2.33. The molecule has 1 heterocycles. The Bertz CT molecular complexity index is 345. The standard InChI is InChI=1S/C6H13N3O3.C3H4N2O2/c7-4(5(10)11)2-1-3-9-6(8)12;6-2-1-4-3(7)5-2/h4H,1-3,7H2,(H,10,11)(H3,8,9,12);1H2,(H2,4,5,6,7)/t4-;/m0./s1. The van der Waals surface area contributed by atoms with Crippen LogP contribution in [0.5, 0.6) is 0 Å². The second-order valence-corrected chi connectivity index (χ2v) is 3.61. The Balaban J connectivity index is 0.000000388. The molecule has 108 valence electrons. The summed E-state index contributed by atoms with van der Waals surface area (Å²) in [5.41, 5.74) is 9.96. The monoisotopic (exact) mass is 275 g/mol. The minimum absolute atomic E-state index is 0.124. The van der Waals surface area contributed by atoms with E-state index < -0.39 is 24.1 Å². The number of hydrogen-bond acceptors (Lipinski definition) is 5. The van der Waals surface area contributed by atoms with Crippen LogP contribution in [0.4, 0.5) is 9.59 Å². The van der Waals surface area contributed by atoms with Gasteiger partial charge in [0.15, 0.2) is 0 Å². The number of carbonyl (C=O) groups is 4. The van der Waals surface area contributed by atoms with E-state index in [4.69, 9.17) is 16.6 Å². The smallest absolute Gasteiger partial charge is 0.321 e. The number of urea groups is 2. The Morgan fingerprint density at radius 3 is 2.37 bits per heavy atom. The van der Waals surface area contributed by atoms with Gasteiger partial charge in [0.1, 0.15) is 6.04 Å². The van der Waals surface area contributed by atoms with E-state index in [0.717, 1.165) is 0 Å². The van der Waals surface area contributed by atoms with Crippen molar-refractivity contribution in [3.8, 4) is 0 Å². The maximum absolute atomic E-state index is 10.2. The van der Waals surface area contributed by atoms with E-state index in [-0.39, 0.29) is 12.5 Å². The van der Waals surface area contributed by atoms with Crippen molar-refractivity contribution >= 4 is 23.9 Å². The molecule has 0 aromatic carbocycles. The number of aliphatic carboxylic acids is 1. The first-order chi connectivity index (χ1) is 8.82. The highest BCUT2D eigenvalue weighted by Gasteiger charge is 2.14. The van der Waals surface area contributed by atoms with Gasteiger partial charge in [-0.2, -0.15) is 0 Å². The van der Waals surface area contributed by atoms with E-state index in [2.05, 4.69) is 10.6 Å². The fourth-order valence-electron chi connectivity index (χ4n) is 1.03. The largest absolute Gasteiger partial charge is 0.480 e. The molecule has 8 N–H and O–H groups in total. The van der Waals surface area contributed by atoms with Crippen molar-refractivity contribution in [1.82, 2.24) is 16.0 Å². The van der Waals surface area contributed by atoms with Crippen LogP contribution in [-0.4, -0.2) is 48.2 Å². The van der Waals surface area contributed by atoms with Gasteiger partial charge in [-0.05, 0) is 12.8 Å². The van der Waals surface area contributed by atoms with Crippen molar-refractivity contribution in [2.75, 3.05) is 13.1 Å². The van der Waals surface area contributed by atoms with Crippen molar-refractivity contribution < 1.29 is 24.3 Å². The number of hydrogen-bond donors (Lipinski definition) is 6. The van der Waals surface area contributed by atoms with E-state index in [9.17, 15) is 19.2 Å². The van der Waals surface area contributed by atoms with Crippen LogP contribution in [0.3, 0.4) is 0 Å². The lowest BCUT2D eigenvalue weighted by molar-refractivity contribution is -0.138. The van der Waals surface area contributed by atoms with Crippen LogP contribution >= 0.6 is 0 Å². The summed E-state index contributed by atoms with van der Waals surface area (Å²) in [5.74, 6) is -1.29. The minimum Gasteiger partial charge on any atom is -0.480 e. The van der Waals surface area contributed by atoms with Crippen LogP contribution in [0.25, 0.3) is 0 Å². The van der Waals surface area contributed by atoms with Gasteiger partial charge in [0, 0.05) is 6.54 Å². The molecule has 5 amide bonds. The zero-order chi connectivity index (χ0) is 14.8. The summed E-state index contributed by atoms with van der Waals surface area (Å²) in [6.45, 7) is 0.481. The summed E-state index contributed by atoms with van der Waals surface area (Å²) in [5, 5.41) is 15.0. The van der Waals surface area contributed by atoms with Gasteiger partial charge in [-0.1, -0.05) is 0 Å². The number of amides is 5. The van der Waals surface area contributed by atoms with E-state index in [1.54, 1.807) is 0 Å². The van der Waals surface area contributed by atoms with Gasteiger partial charge in [0.25, 0.3) is 0 Å². The minimum atomic E-state index is -1.03. The number of rotatable bonds is 5. The van der Waals surface area contributed by atoms with Crippen molar-refractivity contribution in [2.45, 2.75) is 18.9 Å². The van der Waals surface area contributed by atoms with Crippen molar-refractivity contribution in [1.29, 1.82) is 0 Å². The average molecular weight is 275 g/mol. The molecule has 10 nitrogen and oxygen atoms in total. The highest BCUT2D eigenvalue weighted by atomic mass is 16.4. The van der Waals surface area contributed by atoms with Gasteiger partial charge < -0.3 is 27.2 Å². The average Bonchev–Trinajstić information content (AvgIpc) is 2.68. The second kappa shape index (κ2) is 8.69. The van der Waals surface area contributed by atoms with Crippen molar-refractivity contribution in [3.63, 3.8) is 0 Å². The quantitative estimate of drug-likeness (QED) is 0.242. The normalized spacial score (nSPS) is 14.6. The molecule has 1 rings (SSSR count). The van der Waals surface area contributed by atoms with E-state index in [1.807, 2.05) is 5.32 Å². The number of carboxylic acid groups (broad SMARTS) is 1. The van der Waals surface area contributed by atoms with Crippen LogP contribution in [0.15, 0.2) is 0 Å². The van der Waals surface area contributed by atoms with Crippen molar-refractivity contribution in [3.05, 3.63) is 0 Å². The first-order valence-corrected chi connectivity index (χ1v) is 5.42. The zero-order valence-corrected chi connectivity index (χ0v) is 10.1. The van der Waals surface area contributed by atoms with Crippen LogP contribution < -0.4 is 27.4 Å². The van der Waals surface area contributed by atoms with E-state index in [0.29, 0.717) is 19.4 Å². The van der Waals surface area contributed by atoms with E-state index in [1.165, 1.54) is 0 Å². The SMILES string of the molecule is NC(=O)NCCC[C@H](N)C(=O)O.O=C1CNC(=O)N1. The highest BCUT2D eigenvalue weighted by Crippen LogP contribution is 1.92. The number of nitrogens with two attached hydrogens (primary N) is 2. The molecule has 0 aromatic rings. The van der Waals surface area contributed by atoms with Gasteiger partial charge in [0.05, 0.1) is 6.54 Å². The van der Waals surface area contributed by atoms with Crippen LogP contribution in [0, 0.1) is 0 Å². The molecule has 1 atom stereocenters. The Morgan fingerprint density at radius 1 is 1.42 bits per heavy atom. The number of nitrogens with one attached hydrogen (secondary N) is 3. The summed E-state index contributed by atoms with van der Waals surface area (Å²) < 4.78 is 0. The van der Waals surface area contributed by atoms with Gasteiger partial charge in [-0.25, -0.2) is 9.59 Å². The molecule has 1 aliphatic heterocycles. The third kappa shape index (κ3) is 9.35. The van der Waals surface area contributed by atoms with Gasteiger partial charge in [-0.15, -0.1) is 0 Å². The van der Waals surface area contributed by atoms with Crippen molar-refractivity contribution in [2.24, 2.45) is 11.5 Å². The fourth-order valence-corrected chi connectivity index (χ4v) is 1.03. The summed E-state index contributed by atoms with van der Waals surface area (Å²) in [4.78, 5) is 40.4. The van der Waals surface area contributed by atoms with Gasteiger partial charge in [0.2, 0.25) is 5.91 Å². The molecule has 1 fully saturated rings. The predicted molar refractivity (Wildman–Crippen MR) is 64.0 cm³/mol. The number of carbonyl (C=O) groups excluding carboxylic acids is 3. The number of carboxylic acids is 1. The summed E-state index contributed by atoms with van der Waals surface area (Å²) in [7, 11) is 0. The molecule has 19 heavy (non-hydrogen) atoms. The van der Waals surface area contributed by atoms with Crippen LogP contribution in [0.2, 0.25) is 0 Å². The summed E-state index contributed by atoms with van der Waals surface area (Å²) in [6, 6.07) is -1.87. The first kappa shape index (κ1) is 16.6. The molecular weight excluding hydrogens is 258 g/mol. The highest BCUT2D eigenvalue weighted by molar-refractivity contribution is 6.01. The third-order valence-electron chi connectivity index (χ3n) is 1.97. The van der Waals surface area contributed by atoms with Gasteiger partial charge in [-0.3, -0.25) is 14.9 Å². The molecule has 0 bridgehead atoms. The Kier molecular flexibility index (Phi) is 7.61. The fraction of sp³-hybridized carbons (Fsp3) is 0.556. The lowest BCUT2D eigenvalue weighted by atomic mass is 10.2. The molecular formula is C9H17N5O5. The third-order valence-corrected chi connectivity index (χ3v) is 1.97.